The van der Waals surface area contributed by atoms with Crippen molar-refractivity contribution in [3.8, 4) is 0 Å². The van der Waals surface area contributed by atoms with Gasteiger partial charge in [0.15, 0.2) is 0 Å². The van der Waals surface area contributed by atoms with E-state index in [0.717, 1.165) is 13.1 Å². The summed E-state index contributed by atoms with van der Waals surface area (Å²) in [7, 11) is 2.11. The highest BCUT2D eigenvalue weighted by molar-refractivity contribution is 5.81. The number of aryl methyl sites for hydroxylation is 1. The van der Waals surface area contributed by atoms with E-state index in [4.69, 9.17) is 0 Å². The average molecular weight is 251 g/mol. The second kappa shape index (κ2) is 5.24. The van der Waals surface area contributed by atoms with E-state index in [1.54, 1.807) is 6.20 Å². The summed E-state index contributed by atoms with van der Waals surface area (Å²) in [6.07, 6.45) is 3.70. The van der Waals surface area contributed by atoms with Crippen LogP contribution in [0.5, 0.6) is 0 Å². The molecule has 19 heavy (non-hydrogen) atoms. The molecule has 0 atom stereocenters. The number of benzene rings is 1. The summed E-state index contributed by atoms with van der Waals surface area (Å²) in [6.45, 7) is 1.70. The van der Waals surface area contributed by atoms with Gasteiger partial charge in [0.05, 0.1) is 0 Å². The molecule has 3 heteroatoms. The van der Waals surface area contributed by atoms with Crippen molar-refractivity contribution in [2.45, 2.75) is 13.1 Å². The fraction of sp³-hybridized carbons (Fsp3) is 0.188. The minimum absolute atomic E-state index is 0.843. The van der Waals surface area contributed by atoms with Crippen LogP contribution in [-0.4, -0.2) is 9.55 Å². The largest absolute Gasteiger partial charge is 0.346 e. The molecule has 0 saturated heterocycles. The third-order valence-corrected chi connectivity index (χ3v) is 3.41. The zero-order valence-corrected chi connectivity index (χ0v) is 11.0. The Morgan fingerprint density at radius 1 is 1.11 bits per heavy atom. The third-order valence-electron chi connectivity index (χ3n) is 3.41. The molecule has 3 rings (SSSR count). The number of rotatable bonds is 4. The Hall–Kier alpha value is -2.13. The van der Waals surface area contributed by atoms with E-state index in [1.165, 1.54) is 22.2 Å². The van der Waals surface area contributed by atoms with Crippen LogP contribution in [-0.2, 0) is 20.1 Å². The van der Waals surface area contributed by atoms with Crippen LogP contribution in [0, 0.1) is 0 Å². The SMILES string of the molecule is Cn1c(CNCc2cccnc2)cc2ccccc21. The van der Waals surface area contributed by atoms with Crippen molar-refractivity contribution in [3.63, 3.8) is 0 Å². The molecule has 2 heterocycles. The molecule has 0 amide bonds. The molecule has 1 N–H and O–H groups in total. The van der Waals surface area contributed by atoms with Gasteiger partial charge in [-0.3, -0.25) is 4.98 Å². The van der Waals surface area contributed by atoms with E-state index in [-0.39, 0.29) is 0 Å². The zero-order chi connectivity index (χ0) is 13.1. The van der Waals surface area contributed by atoms with Crippen LogP contribution >= 0.6 is 0 Å². The number of pyridine rings is 1. The van der Waals surface area contributed by atoms with Gasteiger partial charge in [-0.1, -0.05) is 24.3 Å². The fourth-order valence-electron chi connectivity index (χ4n) is 2.35. The fourth-order valence-corrected chi connectivity index (χ4v) is 2.35. The second-order valence-corrected chi connectivity index (χ2v) is 4.72. The molecule has 1 aromatic carbocycles. The monoisotopic (exact) mass is 251 g/mol. The quantitative estimate of drug-likeness (QED) is 0.772. The normalized spacial score (nSPS) is 11.0. The highest BCUT2D eigenvalue weighted by Gasteiger charge is 2.04. The van der Waals surface area contributed by atoms with Crippen molar-refractivity contribution in [1.82, 2.24) is 14.9 Å². The summed E-state index contributed by atoms with van der Waals surface area (Å²) in [6, 6.07) is 14.8. The molecule has 0 fully saturated rings. The Kier molecular flexibility index (Phi) is 3.29. The lowest BCUT2D eigenvalue weighted by atomic mass is 10.2. The lowest BCUT2D eigenvalue weighted by Gasteiger charge is -2.06. The summed E-state index contributed by atoms with van der Waals surface area (Å²) in [5, 5.41) is 4.75. The first-order valence-corrected chi connectivity index (χ1v) is 6.47. The maximum atomic E-state index is 4.12. The Morgan fingerprint density at radius 2 is 2.00 bits per heavy atom. The lowest BCUT2D eigenvalue weighted by molar-refractivity contribution is 0.658. The first kappa shape index (κ1) is 11.9. The van der Waals surface area contributed by atoms with Crippen molar-refractivity contribution in [1.29, 1.82) is 0 Å². The van der Waals surface area contributed by atoms with Gasteiger partial charge in [0.2, 0.25) is 0 Å². The van der Waals surface area contributed by atoms with Crippen LogP contribution < -0.4 is 5.32 Å². The molecule has 0 unspecified atom stereocenters. The van der Waals surface area contributed by atoms with Crippen LogP contribution in [0.25, 0.3) is 10.9 Å². The highest BCUT2D eigenvalue weighted by Crippen LogP contribution is 2.18. The van der Waals surface area contributed by atoms with E-state index in [0.29, 0.717) is 0 Å². The van der Waals surface area contributed by atoms with E-state index in [9.17, 15) is 0 Å². The average Bonchev–Trinajstić information content (AvgIpc) is 2.78. The Balaban J connectivity index is 1.70. The van der Waals surface area contributed by atoms with Crippen LogP contribution in [0.2, 0.25) is 0 Å². The van der Waals surface area contributed by atoms with Crippen molar-refractivity contribution in [3.05, 3.63) is 66.1 Å². The molecule has 2 aromatic heterocycles. The third kappa shape index (κ3) is 2.51. The maximum absolute atomic E-state index is 4.12. The first-order chi connectivity index (χ1) is 9.34. The smallest absolute Gasteiger partial charge is 0.0480 e. The number of fused-ring (bicyclic) bond motifs is 1. The lowest BCUT2D eigenvalue weighted by Crippen LogP contribution is -2.14. The number of hydrogen-bond donors (Lipinski definition) is 1. The highest BCUT2D eigenvalue weighted by atomic mass is 15.0. The molecule has 3 nitrogen and oxygen atoms in total. The van der Waals surface area contributed by atoms with E-state index in [2.05, 4.69) is 58.3 Å². The van der Waals surface area contributed by atoms with Crippen LogP contribution in [0.1, 0.15) is 11.3 Å². The molecule has 0 aliphatic heterocycles. The molecule has 0 saturated carbocycles. The van der Waals surface area contributed by atoms with Gasteiger partial charge < -0.3 is 9.88 Å². The van der Waals surface area contributed by atoms with E-state index in [1.807, 2.05) is 12.3 Å². The van der Waals surface area contributed by atoms with Gasteiger partial charge in [-0.05, 0) is 29.1 Å². The van der Waals surface area contributed by atoms with Crippen LogP contribution in [0.15, 0.2) is 54.9 Å². The Bertz CT molecular complexity index is 671. The van der Waals surface area contributed by atoms with Gasteiger partial charge in [-0.25, -0.2) is 0 Å². The van der Waals surface area contributed by atoms with Crippen LogP contribution in [0.3, 0.4) is 0 Å². The van der Waals surface area contributed by atoms with Crippen molar-refractivity contribution in [2.75, 3.05) is 0 Å². The second-order valence-electron chi connectivity index (χ2n) is 4.72. The van der Waals surface area contributed by atoms with Crippen LogP contribution in [0.4, 0.5) is 0 Å². The summed E-state index contributed by atoms with van der Waals surface area (Å²) >= 11 is 0. The molecule has 0 aliphatic carbocycles. The molecule has 0 bridgehead atoms. The first-order valence-electron chi connectivity index (χ1n) is 6.47. The standard InChI is InChI=1S/C16H17N3/c1-19-15(9-14-6-2-3-7-16(14)19)12-18-11-13-5-4-8-17-10-13/h2-10,18H,11-12H2,1H3. The summed E-state index contributed by atoms with van der Waals surface area (Å²) in [5.41, 5.74) is 3.78. The van der Waals surface area contributed by atoms with Gasteiger partial charge in [0, 0.05) is 43.7 Å². The number of para-hydroxylation sites is 1. The predicted molar refractivity (Wildman–Crippen MR) is 77.7 cm³/mol. The van der Waals surface area contributed by atoms with Crippen molar-refractivity contribution < 1.29 is 0 Å². The number of hydrogen-bond acceptors (Lipinski definition) is 2. The van der Waals surface area contributed by atoms with Crippen molar-refractivity contribution >= 4 is 10.9 Å². The van der Waals surface area contributed by atoms with Gasteiger partial charge in [-0.15, -0.1) is 0 Å². The van der Waals surface area contributed by atoms with Gasteiger partial charge >= 0.3 is 0 Å². The molecule has 0 radical (unpaired) electrons. The van der Waals surface area contributed by atoms with Gasteiger partial charge in [0.25, 0.3) is 0 Å². The molecular formula is C16H17N3. The zero-order valence-electron chi connectivity index (χ0n) is 11.0. The van der Waals surface area contributed by atoms with Crippen molar-refractivity contribution in [2.24, 2.45) is 7.05 Å². The Labute approximate surface area is 112 Å². The summed E-state index contributed by atoms with van der Waals surface area (Å²) in [5.74, 6) is 0. The number of nitrogens with zero attached hydrogens (tertiary/aromatic N) is 2. The number of nitrogens with one attached hydrogen (secondary N) is 1. The molecule has 0 spiro atoms. The van der Waals surface area contributed by atoms with E-state index < -0.39 is 0 Å². The Morgan fingerprint density at radius 3 is 2.79 bits per heavy atom. The molecule has 3 aromatic rings. The molecule has 96 valence electrons. The van der Waals surface area contributed by atoms with Gasteiger partial charge in [0.1, 0.15) is 0 Å². The summed E-state index contributed by atoms with van der Waals surface area (Å²) < 4.78 is 2.24. The van der Waals surface area contributed by atoms with E-state index >= 15 is 0 Å². The minimum Gasteiger partial charge on any atom is -0.346 e. The molecular weight excluding hydrogens is 234 g/mol. The summed E-state index contributed by atoms with van der Waals surface area (Å²) in [4.78, 5) is 4.12. The molecule has 0 aliphatic rings. The van der Waals surface area contributed by atoms with Gasteiger partial charge in [-0.2, -0.15) is 0 Å². The number of aromatic nitrogens is 2. The topological polar surface area (TPSA) is 29.9 Å². The minimum atomic E-state index is 0.843. The maximum Gasteiger partial charge on any atom is 0.0480 e. The predicted octanol–water partition coefficient (Wildman–Crippen LogP) is 2.86.